The Morgan fingerprint density at radius 3 is 2.68 bits per heavy atom. The maximum Gasteiger partial charge on any atom is 0.313 e. The average Bonchev–Trinajstić information content (AvgIpc) is 2.85. The summed E-state index contributed by atoms with van der Waals surface area (Å²) < 4.78 is 10.8. The Bertz CT molecular complexity index is 1040. The van der Waals surface area contributed by atoms with Crippen LogP contribution in [0.1, 0.15) is 23.6 Å². The number of fused-ring (bicyclic) bond motifs is 1. The molecule has 34 heavy (non-hydrogen) atoms. The summed E-state index contributed by atoms with van der Waals surface area (Å²) >= 11 is 6.03. The number of carbonyl (C=O) groups excluding carboxylic acids is 2. The van der Waals surface area contributed by atoms with E-state index in [0.717, 1.165) is 38.0 Å². The number of nitrogens with one attached hydrogen (secondary N) is 2. The van der Waals surface area contributed by atoms with Gasteiger partial charge in [-0.15, -0.1) is 0 Å². The van der Waals surface area contributed by atoms with Crippen LogP contribution >= 0.6 is 11.6 Å². The Labute approximate surface area is 205 Å². The van der Waals surface area contributed by atoms with Gasteiger partial charge in [0.2, 0.25) is 0 Å². The van der Waals surface area contributed by atoms with Crippen molar-refractivity contribution in [1.82, 2.24) is 10.2 Å². The minimum Gasteiger partial charge on any atom is -0.495 e. The molecular formula is C25H31ClN4O4. The largest absolute Gasteiger partial charge is 0.495 e. The van der Waals surface area contributed by atoms with Gasteiger partial charge in [0.25, 0.3) is 0 Å². The smallest absolute Gasteiger partial charge is 0.313 e. The zero-order chi connectivity index (χ0) is 24.1. The Kier molecular flexibility index (Phi) is 7.92. The number of nitrogens with zero attached hydrogens (tertiary/aromatic N) is 2. The Morgan fingerprint density at radius 1 is 1.12 bits per heavy atom. The first-order valence-corrected chi connectivity index (χ1v) is 11.9. The molecule has 2 aromatic carbocycles. The second-order valence-corrected chi connectivity index (χ2v) is 9.02. The molecule has 0 bridgehead atoms. The SMILES string of the molecule is COc1ccc(Cl)cc1NC(=O)C(=O)NCC(c1ccc2c(c1)CCCN2C)N1CCOCC1. The van der Waals surface area contributed by atoms with Crippen molar-refractivity contribution in [3.63, 3.8) is 0 Å². The van der Waals surface area contributed by atoms with Crippen LogP contribution in [0, 0.1) is 0 Å². The lowest BCUT2D eigenvalue weighted by atomic mass is 9.95. The van der Waals surface area contributed by atoms with Crippen LogP contribution < -0.4 is 20.3 Å². The number of ether oxygens (including phenoxy) is 2. The number of aryl methyl sites for hydroxylation is 1. The fraction of sp³-hybridized carbons (Fsp3) is 0.440. The maximum absolute atomic E-state index is 12.7. The van der Waals surface area contributed by atoms with Crippen LogP contribution in [-0.4, -0.2) is 70.3 Å². The molecule has 0 spiro atoms. The third-order valence-electron chi connectivity index (χ3n) is 6.40. The minimum absolute atomic E-state index is 0.0566. The predicted molar refractivity (Wildman–Crippen MR) is 133 cm³/mol. The third kappa shape index (κ3) is 5.63. The summed E-state index contributed by atoms with van der Waals surface area (Å²) in [6.45, 7) is 4.20. The van der Waals surface area contributed by atoms with Crippen molar-refractivity contribution < 1.29 is 19.1 Å². The molecule has 182 valence electrons. The molecule has 1 atom stereocenters. The fourth-order valence-corrected chi connectivity index (χ4v) is 4.76. The number of halogens is 1. The van der Waals surface area contributed by atoms with Crippen LogP contribution in [0.3, 0.4) is 0 Å². The molecule has 8 nitrogen and oxygen atoms in total. The van der Waals surface area contributed by atoms with Crippen LogP contribution in [0.5, 0.6) is 5.75 Å². The molecular weight excluding hydrogens is 456 g/mol. The van der Waals surface area contributed by atoms with Gasteiger partial charge in [-0.1, -0.05) is 23.7 Å². The van der Waals surface area contributed by atoms with E-state index in [0.29, 0.717) is 36.2 Å². The fourth-order valence-electron chi connectivity index (χ4n) is 4.59. The summed E-state index contributed by atoms with van der Waals surface area (Å²) in [5.74, 6) is -1.05. The molecule has 1 saturated heterocycles. The monoisotopic (exact) mass is 486 g/mol. The zero-order valence-electron chi connectivity index (χ0n) is 19.6. The van der Waals surface area contributed by atoms with E-state index in [1.165, 1.54) is 18.4 Å². The van der Waals surface area contributed by atoms with Crippen molar-refractivity contribution in [3.05, 3.63) is 52.5 Å². The summed E-state index contributed by atoms with van der Waals surface area (Å²) in [5, 5.41) is 5.85. The lowest BCUT2D eigenvalue weighted by Gasteiger charge is -2.36. The first-order valence-electron chi connectivity index (χ1n) is 11.5. The van der Waals surface area contributed by atoms with Gasteiger partial charge in [-0.2, -0.15) is 0 Å². The second kappa shape index (κ2) is 11.1. The van der Waals surface area contributed by atoms with Crippen LogP contribution in [0.2, 0.25) is 5.02 Å². The highest BCUT2D eigenvalue weighted by Crippen LogP contribution is 2.31. The Morgan fingerprint density at radius 2 is 1.91 bits per heavy atom. The number of methoxy groups -OCH3 is 1. The predicted octanol–water partition coefficient (Wildman–Crippen LogP) is 2.86. The van der Waals surface area contributed by atoms with Crippen molar-refractivity contribution in [2.24, 2.45) is 0 Å². The summed E-state index contributed by atoms with van der Waals surface area (Å²) in [6, 6.07) is 11.3. The number of carbonyl (C=O) groups is 2. The molecule has 2 amide bonds. The van der Waals surface area contributed by atoms with E-state index in [9.17, 15) is 9.59 Å². The summed E-state index contributed by atoms with van der Waals surface area (Å²) in [7, 11) is 3.60. The van der Waals surface area contributed by atoms with Crippen molar-refractivity contribution >= 4 is 34.8 Å². The van der Waals surface area contributed by atoms with Crippen LogP contribution in [-0.2, 0) is 20.7 Å². The highest BCUT2D eigenvalue weighted by molar-refractivity contribution is 6.40. The van der Waals surface area contributed by atoms with Gasteiger partial charge in [-0.25, -0.2) is 0 Å². The van der Waals surface area contributed by atoms with E-state index in [2.05, 4.69) is 45.7 Å². The normalized spacial score (nSPS) is 17.0. The van der Waals surface area contributed by atoms with Crippen LogP contribution in [0.25, 0.3) is 0 Å². The number of amides is 2. The number of hydrogen-bond acceptors (Lipinski definition) is 6. The third-order valence-corrected chi connectivity index (χ3v) is 6.63. The molecule has 2 N–H and O–H groups in total. The molecule has 0 aromatic heterocycles. The van der Waals surface area contributed by atoms with E-state index in [-0.39, 0.29) is 6.04 Å². The number of anilines is 2. The van der Waals surface area contributed by atoms with Crippen molar-refractivity contribution in [2.45, 2.75) is 18.9 Å². The second-order valence-electron chi connectivity index (χ2n) is 8.59. The molecule has 2 aromatic rings. The van der Waals surface area contributed by atoms with Crippen LogP contribution in [0.15, 0.2) is 36.4 Å². The van der Waals surface area contributed by atoms with Gasteiger partial charge in [0, 0.05) is 43.9 Å². The molecule has 2 heterocycles. The molecule has 2 aliphatic heterocycles. The number of hydrogen-bond donors (Lipinski definition) is 2. The standard InChI is InChI=1S/C25H31ClN4O4/c1-29-9-3-4-17-14-18(5-7-21(17)29)22(30-10-12-34-13-11-30)16-27-24(31)25(32)28-20-15-19(26)6-8-23(20)33-2/h5-8,14-15,22H,3-4,9-13,16H2,1-2H3,(H,27,31)(H,28,32). The Hall–Kier alpha value is -2.81. The first kappa shape index (κ1) is 24.3. The van der Waals surface area contributed by atoms with Gasteiger partial charge < -0.3 is 25.0 Å². The minimum atomic E-state index is -0.770. The van der Waals surface area contributed by atoms with Gasteiger partial charge >= 0.3 is 11.8 Å². The van der Waals surface area contributed by atoms with Crippen molar-refractivity contribution in [1.29, 1.82) is 0 Å². The van der Waals surface area contributed by atoms with Crippen LogP contribution in [0.4, 0.5) is 11.4 Å². The van der Waals surface area contributed by atoms with E-state index in [1.807, 2.05) is 0 Å². The van der Waals surface area contributed by atoms with Gasteiger partial charge in [0.1, 0.15) is 5.75 Å². The van der Waals surface area contributed by atoms with E-state index in [4.69, 9.17) is 21.1 Å². The van der Waals surface area contributed by atoms with Gasteiger partial charge in [0.05, 0.1) is 32.1 Å². The summed E-state index contributed by atoms with van der Waals surface area (Å²) in [4.78, 5) is 29.8. The first-order chi connectivity index (χ1) is 16.5. The molecule has 2 aliphatic rings. The van der Waals surface area contributed by atoms with Gasteiger partial charge in [-0.3, -0.25) is 14.5 Å². The molecule has 0 radical (unpaired) electrons. The molecule has 9 heteroatoms. The van der Waals surface area contributed by atoms with Crippen molar-refractivity contribution in [3.8, 4) is 5.75 Å². The molecule has 1 unspecified atom stereocenters. The zero-order valence-corrected chi connectivity index (χ0v) is 20.4. The number of morpholine rings is 1. The topological polar surface area (TPSA) is 83.1 Å². The lowest BCUT2D eigenvalue weighted by molar-refractivity contribution is -0.136. The van der Waals surface area contributed by atoms with E-state index < -0.39 is 11.8 Å². The van der Waals surface area contributed by atoms with Crippen molar-refractivity contribution in [2.75, 3.05) is 63.8 Å². The lowest BCUT2D eigenvalue weighted by Crippen LogP contribution is -2.45. The summed E-state index contributed by atoms with van der Waals surface area (Å²) in [5.41, 5.74) is 4.06. The highest BCUT2D eigenvalue weighted by Gasteiger charge is 2.26. The average molecular weight is 487 g/mol. The molecule has 1 fully saturated rings. The molecule has 0 aliphatic carbocycles. The van der Waals surface area contributed by atoms with Gasteiger partial charge in [-0.05, 0) is 48.2 Å². The summed E-state index contributed by atoms with van der Waals surface area (Å²) in [6.07, 6.45) is 2.17. The molecule has 0 saturated carbocycles. The quantitative estimate of drug-likeness (QED) is 0.611. The van der Waals surface area contributed by atoms with E-state index in [1.54, 1.807) is 18.2 Å². The van der Waals surface area contributed by atoms with E-state index >= 15 is 0 Å². The van der Waals surface area contributed by atoms with Gasteiger partial charge in [0.15, 0.2) is 0 Å². The maximum atomic E-state index is 12.7. The molecule has 4 rings (SSSR count). The number of benzene rings is 2. The Balaban J connectivity index is 1.47. The number of rotatable bonds is 6. The highest BCUT2D eigenvalue weighted by atomic mass is 35.5.